The van der Waals surface area contributed by atoms with Crippen molar-refractivity contribution in [1.82, 2.24) is 0 Å². The third-order valence-corrected chi connectivity index (χ3v) is 2.86. The largest absolute Gasteiger partial charge is 4.00 e. The van der Waals surface area contributed by atoms with Crippen LogP contribution in [0, 0.1) is 20.8 Å². The first kappa shape index (κ1) is 21.9. The fourth-order valence-corrected chi connectivity index (χ4v) is 1.96. The van der Waals surface area contributed by atoms with Crippen LogP contribution in [0.4, 0.5) is 0 Å². The van der Waals surface area contributed by atoms with E-state index in [9.17, 15) is 0 Å². The van der Waals surface area contributed by atoms with Crippen molar-refractivity contribution in [1.29, 1.82) is 0 Å². The SMILES string of the molecule is Cc1c[cH-]c(C)c1.Cc1ccc2[cH-]ccc2c1.[Cl-].[Cl-].[Zr+4]. The summed E-state index contributed by atoms with van der Waals surface area (Å²) in [4.78, 5) is 0. The third kappa shape index (κ3) is 6.40. The van der Waals surface area contributed by atoms with E-state index >= 15 is 0 Å². The molecule has 20 heavy (non-hydrogen) atoms. The molecule has 3 aromatic carbocycles. The van der Waals surface area contributed by atoms with Crippen molar-refractivity contribution in [3.05, 3.63) is 71.3 Å². The van der Waals surface area contributed by atoms with Crippen LogP contribution in [0.1, 0.15) is 16.7 Å². The van der Waals surface area contributed by atoms with E-state index in [1.54, 1.807) is 0 Å². The summed E-state index contributed by atoms with van der Waals surface area (Å²) < 4.78 is 0. The monoisotopic (exact) mass is 382 g/mol. The molecule has 104 valence electrons. The van der Waals surface area contributed by atoms with E-state index in [0.29, 0.717) is 0 Å². The fraction of sp³-hybridized carbons (Fsp3) is 0.176. The van der Waals surface area contributed by atoms with Crippen LogP contribution in [0.3, 0.4) is 0 Å². The summed E-state index contributed by atoms with van der Waals surface area (Å²) in [6.45, 7) is 6.33. The average Bonchev–Trinajstić information content (AvgIpc) is 2.87. The summed E-state index contributed by atoms with van der Waals surface area (Å²) in [5, 5.41) is 2.69. The van der Waals surface area contributed by atoms with Gasteiger partial charge in [0.2, 0.25) is 0 Å². The minimum atomic E-state index is 0. The van der Waals surface area contributed by atoms with Gasteiger partial charge in [-0.3, -0.25) is 0 Å². The Morgan fingerprint density at radius 2 is 1.50 bits per heavy atom. The van der Waals surface area contributed by atoms with Crippen molar-refractivity contribution in [2.24, 2.45) is 0 Å². The molecular weight excluding hydrogens is 366 g/mol. The molecule has 0 bridgehead atoms. The molecule has 0 aromatic heterocycles. The Morgan fingerprint density at radius 3 is 2.00 bits per heavy atom. The van der Waals surface area contributed by atoms with Gasteiger partial charge in [0, 0.05) is 0 Å². The van der Waals surface area contributed by atoms with Crippen molar-refractivity contribution in [2.75, 3.05) is 0 Å². The summed E-state index contributed by atoms with van der Waals surface area (Å²) in [5.41, 5.74) is 4.05. The quantitative estimate of drug-likeness (QED) is 0.432. The van der Waals surface area contributed by atoms with Gasteiger partial charge in [-0.05, 0) is 6.92 Å². The Labute approximate surface area is 153 Å². The molecule has 0 radical (unpaired) electrons. The average molecular weight is 384 g/mol. The van der Waals surface area contributed by atoms with E-state index in [-0.39, 0.29) is 51.0 Å². The van der Waals surface area contributed by atoms with Crippen LogP contribution in [0.2, 0.25) is 0 Å². The van der Waals surface area contributed by atoms with E-state index in [1.807, 2.05) is 0 Å². The molecule has 0 heterocycles. The molecule has 0 aliphatic carbocycles. The second-order valence-corrected chi connectivity index (χ2v) is 4.62. The van der Waals surface area contributed by atoms with E-state index in [1.165, 1.54) is 27.5 Å². The summed E-state index contributed by atoms with van der Waals surface area (Å²) >= 11 is 0. The van der Waals surface area contributed by atoms with Crippen LogP contribution in [0.5, 0.6) is 0 Å². The van der Waals surface area contributed by atoms with E-state index in [2.05, 4.69) is 75.4 Å². The number of hydrogen-bond donors (Lipinski definition) is 0. The van der Waals surface area contributed by atoms with Gasteiger partial charge in [-0.25, -0.2) is 11.6 Å². The predicted molar refractivity (Wildman–Crippen MR) is 75.8 cm³/mol. The molecule has 0 saturated heterocycles. The summed E-state index contributed by atoms with van der Waals surface area (Å²) in [6, 6.07) is 19.3. The zero-order valence-electron chi connectivity index (χ0n) is 12.0. The minimum Gasteiger partial charge on any atom is -1.00 e. The molecule has 0 nitrogen and oxygen atoms in total. The molecule has 0 amide bonds. The molecule has 0 saturated carbocycles. The summed E-state index contributed by atoms with van der Waals surface area (Å²) in [5.74, 6) is 0. The van der Waals surface area contributed by atoms with Gasteiger partial charge in [-0.1, -0.05) is 19.4 Å². The van der Waals surface area contributed by atoms with Crippen molar-refractivity contribution in [3.63, 3.8) is 0 Å². The van der Waals surface area contributed by atoms with Crippen molar-refractivity contribution >= 4 is 10.8 Å². The summed E-state index contributed by atoms with van der Waals surface area (Å²) in [7, 11) is 0. The van der Waals surface area contributed by atoms with Crippen molar-refractivity contribution in [2.45, 2.75) is 20.8 Å². The van der Waals surface area contributed by atoms with Crippen LogP contribution < -0.4 is 24.8 Å². The molecule has 3 rings (SSSR count). The molecule has 3 aromatic rings. The molecule has 0 aliphatic rings. The Bertz CT molecular complexity index is 592. The minimum absolute atomic E-state index is 0. The maximum absolute atomic E-state index is 2.20. The van der Waals surface area contributed by atoms with Gasteiger partial charge in [0.15, 0.2) is 0 Å². The molecular formula is C17H18Cl2Zr. The van der Waals surface area contributed by atoms with Gasteiger partial charge in [-0.2, -0.15) is 35.2 Å². The van der Waals surface area contributed by atoms with Gasteiger partial charge in [0.05, 0.1) is 0 Å². The van der Waals surface area contributed by atoms with Crippen LogP contribution in [0.15, 0.2) is 54.6 Å². The first-order valence-corrected chi connectivity index (χ1v) is 5.97. The molecule has 0 atom stereocenters. The van der Waals surface area contributed by atoms with E-state index in [4.69, 9.17) is 0 Å². The van der Waals surface area contributed by atoms with Crippen molar-refractivity contribution < 1.29 is 51.0 Å². The topological polar surface area (TPSA) is 0 Å². The van der Waals surface area contributed by atoms with Gasteiger partial charge in [0.25, 0.3) is 0 Å². The number of fused-ring (bicyclic) bond motifs is 1. The number of halogens is 2. The van der Waals surface area contributed by atoms with E-state index < -0.39 is 0 Å². The first-order chi connectivity index (χ1) is 8.15. The Kier molecular flexibility index (Phi) is 11.4. The number of hydrogen-bond acceptors (Lipinski definition) is 0. The molecule has 0 aliphatic heterocycles. The number of rotatable bonds is 0. The zero-order valence-corrected chi connectivity index (χ0v) is 15.9. The Balaban J connectivity index is 0. The maximum Gasteiger partial charge on any atom is 4.00 e. The maximum atomic E-state index is 2.20. The van der Waals surface area contributed by atoms with Gasteiger partial charge >= 0.3 is 26.2 Å². The molecule has 0 spiro atoms. The predicted octanol–water partition coefficient (Wildman–Crippen LogP) is -1.11. The van der Waals surface area contributed by atoms with Gasteiger partial charge < -0.3 is 24.8 Å². The zero-order chi connectivity index (χ0) is 12.3. The second-order valence-electron chi connectivity index (χ2n) is 4.62. The smallest absolute Gasteiger partial charge is 1.00 e. The Hall–Kier alpha value is -0.357. The molecule has 3 heteroatoms. The first-order valence-electron chi connectivity index (χ1n) is 5.97. The molecule has 0 unspecified atom stereocenters. The number of benzene rings is 1. The fourth-order valence-electron chi connectivity index (χ4n) is 1.96. The van der Waals surface area contributed by atoms with E-state index in [0.717, 1.165) is 0 Å². The molecule has 0 N–H and O–H groups in total. The van der Waals surface area contributed by atoms with Crippen LogP contribution in [0.25, 0.3) is 10.8 Å². The summed E-state index contributed by atoms with van der Waals surface area (Å²) in [6.07, 6.45) is 0. The van der Waals surface area contributed by atoms with Crippen LogP contribution >= 0.6 is 0 Å². The van der Waals surface area contributed by atoms with Crippen LogP contribution in [-0.4, -0.2) is 0 Å². The second kappa shape index (κ2) is 10.4. The van der Waals surface area contributed by atoms with Crippen molar-refractivity contribution in [3.8, 4) is 0 Å². The van der Waals surface area contributed by atoms with Gasteiger partial charge in [-0.15, -0.1) is 29.7 Å². The molecule has 0 fully saturated rings. The van der Waals surface area contributed by atoms with Crippen LogP contribution in [-0.2, 0) is 26.2 Å². The standard InChI is InChI=1S/C10H9.C7H9.2ClH.Zr/c1-8-5-6-9-3-2-4-10(9)7-8;1-6-3-4-7(2)5-6;;;/h2-7H,1H3;3-5H,1-2H3;2*1H;/q2*-1;;;+4/p-2. The van der Waals surface area contributed by atoms with Gasteiger partial charge in [0.1, 0.15) is 0 Å². The third-order valence-electron chi connectivity index (χ3n) is 2.86. The Morgan fingerprint density at radius 1 is 0.800 bits per heavy atom. The number of aryl methyl sites for hydroxylation is 3. The normalized spacial score (nSPS) is 8.55.